The van der Waals surface area contributed by atoms with E-state index in [0.717, 1.165) is 12.8 Å². The van der Waals surface area contributed by atoms with Gasteiger partial charge in [-0.25, -0.2) is 0 Å². The van der Waals surface area contributed by atoms with Gasteiger partial charge in [0, 0.05) is 12.0 Å². The Morgan fingerprint density at radius 3 is 2.42 bits per heavy atom. The number of nitrogens with one attached hydrogen (secondary N) is 2. The number of Topliss-reactive ketones (excluding diaryl/α,β-unsaturated/α-hetero) is 1. The summed E-state index contributed by atoms with van der Waals surface area (Å²) in [6, 6.07) is 4.98. The van der Waals surface area contributed by atoms with Crippen molar-refractivity contribution < 1.29 is 4.79 Å². The first-order chi connectivity index (χ1) is 9.13. The third kappa shape index (κ3) is 2.23. The summed E-state index contributed by atoms with van der Waals surface area (Å²) >= 11 is 0. The first-order valence-corrected chi connectivity index (χ1v) is 6.43. The smallest absolute Gasteiger partial charge is 0.314 e. The van der Waals surface area contributed by atoms with E-state index in [9.17, 15) is 14.4 Å². The number of hydrogen-bond acceptors (Lipinski definition) is 3. The summed E-state index contributed by atoms with van der Waals surface area (Å²) in [5.74, 6) is 0.608. The molecule has 1 aliphatic rings. The molecule has 0 atom stereocenters. The van der Waals surface area contributed by atoms with Crippen LogP contribution in [0.15, 0.2) is 27.8 Å². The second-order valence-electron chi connectivity index (χ2n) is 5.09. The van der Waals surface area contributed by atoms with Crippen LogP contribution in [0.4, 0.5) is 0 Å². The molecule has 1 saturated carbocycles. The molecule has 2 N–H and O–H groups in total. The molecule has 3 rings (SSSR count). The van der Waals surface area contributed by atoms with Crippen molar-refractivity contribution in [3.05, 3.63) is 44.5 Å². The first kappa shape index (κ1) is 11.9. The van der Waals surface area contributed by atoms with E-state index in [0.29, 0.717) is 28.9 Å². The third-order valence-electron chi connectivity index (χ3n) is 3.74. The van der Waals surface area contributed by atoms with Gasteiger partial charge in [0.1, 0.15) is 0 Å². The van der Waals surface area contributed by atoms with Crippen LogP contribution >= 0.6 is 0 Å². The van der Waals surface area contributed by atoms with Crippen molar-refractivity contribution in [2.45, 2.75) is 25.7 Å². The van der Waals surface area contributed by atoms with Gasteiger partial charge in [-0.1, -0.05) is 19.3 Å². The van der Waals surface area contributed by atoms with Gasteiger partial charge in [0.2, 0.25) is 0 Å². The van der Waals surface area contributed by atoms with Crippen molar-refractivity contribution in [1.29, 1.82) is 0 Å². The monoisotopic (exact) mass is 258 g/mol. The molecule has 98 valence electrons. The van der Waals surface area contributed by atoms with E-state index in [1.807, 2.05) is 0 Å². The van der Waals surface area contributed by atoms with Crippen molar-refractivity contribution >= 4 is 16.8 Å². The lowest BCUT2D eigenvalue weighted by atomic mass is 9.81. The highest BCUT2D eigenvalue weighted by molar-refractivity contribution is 5.98. The fraction of sp³-hybridized carbons (Fsp3) is 0.357. The standard InChI is InChI=1S/C14H14N2O3/c17-12(6-8-2-1-3-8)9-4-5-10-11(7-9)16-14(19)13(18)15-10/h4-5,7-8H,1-3,6H2,(H,15,18)(H,16,19). The Morgan fingerprint density at radius 1 is 1.11 bits per heavy atom. The zero-order valence-electron chi connectivity index (χ0n) is 10.4. The van der Waals surface area contributed by atoms with Crippen LogP contribution in [0, 0.1) is 5.92 Å². The van der Waals surface area contributed by atoms with Crippen LogP contribution in [0.25, 0.3) is 11.0 Å². The van der Waals surface area contributed by atoms with Crippen molar-refractivity contribution in [3.8, 4) is 0 Å². The molecule has 0 unspecified atom stereocenters. The summed E-state index contributed by atoms with van der Waals surface area (Å²) in [6.45, 7) is 0. The molecule has 1 aliphatic carbocycles. The van der Waals surface area contributed by atoms with Crippen molar-refractivity contribution in [3.63, 3.8) is 0 Å². The molecule has 5 heteroatoms. The SMILES string of the molecule is O=C(CC1CCC1)c1ccc2[nH]c(=O)c(=O)[nH]c2c1. The second kappa shape index (κ2) is 4.50. The average molecular weight is 258 g/mol. The number of ketones is 1. The molecule has 0 amide bonds. The van der Waals surface area contributed by atoms with Crippen LogP contribution < -0.4 is 11.1 Å². The molecule has 0 bridgehead atoms. The van der Waals surface area contributed by atoms with Gasteiger partial charge in [-0.05, 0) is 24.1 Å². The van der Waals surface area contributed by atoms with Gasteiger partial charge >= 0.3 is 11.1 Å². The fourth-order valence-corrected chi connectivity index (χ4v) is 2.37. The normalized spacial score (nSPS) is 15.4. The van der Waals surface area contributed by atoms with Gasteiger partial charge < -0.3 is 9.97 Å². The van der Waals surface area contributed by atoms with Crippen LogP contribution in [-0.2, 0) is 0 Å². The van der Waals surface area contributed by atoms with E-state index in [4.69, 9.17) is 0 Å². The predicted octanol–water partition coefficient (Wildman–Crippen LogP) is 1.59. The van der Waals surface area contributed by atoms with E-state index in [-0.39, 0.29) is 5.78 Å². The minimum Gasteiger partial charge on any atom is -0.316 e. The van der Waals surface area contributed by atoms with Crippen molar-refractivity contribution in [2.75, 3.05) is 0 Å². The van der Waals surface area contributed by atoms with Crippen molar-refractivity contribution in [1.82, 2.24) is 9.97 Å². The quantitative estimate of drug-likeness (QED) is 0.647. The van der Waals surface area contributed by atoms with Gasteiger partial charge in [-0.2, -0.15) is 0 Å². The summed E-state index contributed by atoms with van der Waals surface area (Å²) in [5.41, 5.74) is 0.230. The highest BCUT2D eigenvalue weighted by Gasteiger charge is 2.21. The lowest BCUT2D eigenvalue weighted by Gasteiger charge is -2.24. The average Bonchev–Trinajstić information content (AvgIpc) is 2.34. The predicted molar refractivity (Wildman–Crippen MR) is 71.5 cm³/mol. The summed E-state index contributed by atoms with van der Waals surface area (Å²) in [7, 11) is 0. The molecule has 0 spiro atoms. The zero-order valence-corrected chi connectivity index (χ0v) is 10.4. The van der Waals surface area contributed by atoms with E-state index < -0.39 is 11.1 Å². The summed E-state index contributed by atoms with van der Waals surface area (Å²) in [6.07, 6.45) is 4.04. The molecule has 1 heterocycles. The number of H-pyrrole nitrogens is 2. The highest BCUT2D eigenvalue weighted by atomic mass is 16.2. The van der Waals surface area contributed by atoms with Gasteiger partial charge in [0.15, 0.2) is 5.78 Å². The summed E-state index contributed by atoms with van der Waals surface area (Å²) in [4.78, 5) is 39.5. The molecular weight excluding hydrogens is 244 g/mol. The highest BCUT2D eigenvalue weighted by Crippen LogP contribution is 2.30. The van der Waals surface area contributed by atoms with Gasteiger partial charge in [-0.3, -0.25) is 14.4 Å². The van der Waals surface area contributed by atoms with E-state index in [1.54, 1.807) is 18.2 Å². The van der Waals surface area contributed by atoms with Gasteiger partial charge in [0.05, 0.1) is 11.0 Å². The number of hydrogen-bond donors (Lipinski definition) is 2. The maximum atomic E-state index is 12.1. The Balaban J connectivity index is 1.96. The fourth-order valence-electron chi connectivity index (χ4n) is 2.37. The number of carbonyl (C=O) groups excluding carboxylic acids is 1. The maximum absolute atomic E-state index is 12.1. The minimum absolute atomic E-state index is 0.0960. The Labute approximate surface area is 108 Å². The summed E-state index contributed by atoms with van der Waals surface area (Å²) < 4.78 is 0. The van der Waals surface area contributed by atoms with Crippen LogP contribution in [0.3, 0.4) is 0 Å². The van der Waals surface area contributed by atoms with E-state index >= 15 is 0 Å². The van der Waals surface area contributed by atoms with Crippen molar-refractivity contribution in [2.24, 2.45) is 5.92 Å². The maximum Gasteiger partial charge on any atom is 0.314 e. The molecule has 0 aliphatic heterocycles. The van der Waals surface area contributed by atoms with E-state index in [2.05, 4.69) is 9.97 Å². The molecule has 5 nitrogen and oxygen atoms in total. The number of benzene rings is 1. The largest absolute Gasteiger partial charge is 0.316 e. The second-order valence-corrected chi connectivity index (χ2v) is 5.09. The Bertz CT molecular complexity index is 753. The first-order valence-electron chi connectivity index (χ1n) is 6.43. The summed E-state index contributed by atoms with van der Waals surface area (Å²) in [5, 5.41) is 0. The molecular formula is C14H14N2O3. The third-order valence-corrected chi connectivity index (χ3v) is 3.74. The number of rotatable bonds is 3. The molecule has 1 aromatic heterocycles. The Kier molecular flexibility index (Phi) is 2.81. The zero-order chi connectivity index (χ0) is 13.4. The minimum atomic E-state index is -0.698. The number of fused-ring (bicyclic) bond motifs is 1. The topological polar surface area (TPSA) is 82.8 Å². The van der Waals surface area contributed by atoms with Crippen LogP contribution in [-0.4, -0.2) is 15.8 Å². The molecule has 0 radical (unpaired) electrons. The lowest BCUT2D eigenvalue weighted by Crippen LogP contribution is -2.29. The number of carbonyl (C=O) groups is 1. The van der Waals surface area contributed by atoms with Gasteiger partial charge in [-0.15, -0.1) is 0 Å². The number of aromatic nitrogens is 2. The number of aromatic amines is 2. The molecule has 2 aromatic rings. The Hall–Kier alpha value is -2.17. The molecule has 1 fully saturated rings. The lowest BCUT2D eigenvalue weighted by molar-refractivity contribution is 0.0936. The van der Waals surface area contributed by atoms with Crippen LogP contribution in [0.1, 0.15) is 36.0 Å². The van der Waals surface area contributed by atoms with Crippen LogP contribution in [0.5, 0.6) is 0 Å². The molecule has 1 aromatic carbocycles. The molecule has 19 heavy (non-hydrogen) atoms. The van der Waals surface area contributed by atoms with E-state index in [1.165, 1.54) is 6.42 Å². The Morgan fingerprint density at radius 2 is 1.79 bits per heavy atom. The van der Waals surface area contributed by atoms with Crippen LogP contribution in [0.2, 0.25) is 0 Å². The molecule has 0 saturated heterocycles. The van der Waals surface area contributed by atoms with Gasteiger partial charge in [0.25, 0.3) is 0 Å².